The van der Waals surface area contributed by atoms with E-state index in [1.54, 1.807) is 0 Å². The predicted molar refractivity (Wildman–Crippen MR) is 92.8 cm³/mol. The summed E-state index contributed by atoms with van der Waals surface area (Å²) in [6, 6.07) is 12.8. The van der Waals surface area contributed by atoms with Crippen molar-refractivity contribution < 1.29 is 13.3 Å². The van der Waals surface area contributed by atoms with Crippen molar-refractivity contribution >= 4 is 26.6 Å². The summed E-state index contributed by atoms with van der Waals surface area (Å²) < 4.78 is 26.7. The van der Waals surface area contributed by atoms with Crippen LogP contribution in [-0.2, 0) is 16.4 Å². The number of H-pyrrole nitrogens is 1. The molecule has 1 saturated heterocycles. The number of nitro benzene ring substituents is 1. The van der Waals surface area contributed by atoms with Crippen molar-refractivity contribution in [3.63, 3.8) is 0 Å². The highest BCUT2D eigenvalue weighted by molar-refractivity contribution is 7.89. The molecule has 1 fully saturated rings. The Morgan fingerprint density at radius 2 is 1.88 bits per heavy atom. The third-order valence-electron chi connectivity index (χ3n) is 4.45. The van der Waals surface area contributed by atoms with Crippen LogP contribution in [0.15, 0.2) is 59.6 Å². The molecule has 2 atom stereocenters. The first kappa shape index (κ1) is 15.8. The Bertz CT molecular complexity index is 1060. The Morgan fingerprint density at radius 3 is 2.60 bits per heavy atom. The van der Waals surface area contributed by atoms with Crippen LogP contribution in [0.3, 0.4) is 0 Å². The van der Waals surface area contributed by atoms with Crippen LogP contribution in [0.4, 0.5) is 5.69 Å². The van der Waals surface area contributed by atoms with Crippen molar-refractivity contribution in [3.8, 4) is 0 Å². The molecule has 0 aliphatic carbocycles. The minimum Gasteiger partial charge on any atom is -0.361 e. The summed E-state index contributed by atoms with van der Waals surface area (Å²) in [6.45, 7) is 0.457. The summed E-state index contributed by atoms with van der Waals surface area (Å²) in [5.74, 6) is 0. The highest BCUT2D eigenvalue weighted by Gasteiger charge is 2.44. The van der Waals surface area contributed by atoms with Crippen LogP contribution < -0.4 is 0 Å². The van der Waals surface area contributed by atoms with E-state index in [2.05, 4.69) is 4.98 Å². The van der Waals surface area contributed by atoms with Gasteiger partial charge in [0.2, 0.25) is 10.0 Å². The Kier molecular flexibility index (Phi) is 3.59. The van der Waals surface area contributed by atoms with Gasteiger partial charge in [-0.3, -0.25) is 10.1 Å². The smallest absolute Gasteiger partial charge is 0.269 e. The van der Waals surface area contributed by atoms with Crippen molar-refractivity contribution in [2.24, 2.45) is 0 Å². The number of aromatic amines is 1. The van der Waals surface area contributed by atoms with Crippen molar-refractivity contribution in [1.29, 1.82) is 0 Å². The van der Waals surface area contributed by atoms with Crippen LogP contribution in [0.25, 0.3) is 10.9 Å². The molecule has 1 aromatic heterocycles. The zero-order valence-electron chi connectivity index (χ0n) is 13.1. The van der Waals surface area contributed by atoms with Crippen molar-refractivity contribution in [2.75, 3.05) is 6.54 Å². The number of aromatic nitrogens is 1. The molecule has 4 rings (SSSR count). The Morgan fingerprint density at radius 1 is 1.16 bits per heavy atom. The van der Waals surface area contributed by atoms with Crippen LogP contribution in [0, 0.1) is 10.1 Å². The second-order valence-electron chi connectivity index (χ2n) is 6.04. The summed E-state index contributed by atoms with van der Waals surface area (Å²) in [7, 11) is -3.61. The number of fused-ring (bicyclic) bond motifs is 1. The molecular formula is C17H15N3O4S. The third-order valence-corrected chi connectivity index (χ3v) is 6.38. The lowest BCUT2D eigenvalue weighted by atomic mass is 10.1. The topological polar surface area (TPSA) is 96.1 Å². The van der Waals surface area contributed by atoms with Gasteiger partial charge in [0.05, 0.1) is 9.82 Å². The highest BCUT2D eigenvalue weighted by Crippen LogP contribution is 2.32. The molecule has 1 unspecified atom stereocenters. The molecule has 1 N–H and O–H groups in total. The molecule has 2 heterocycles. The van der Waals surface area contributed by atoms with E-state index in [4.69, 9.17) is 0 Å². The Hall–Kier alpha value is -2.71. The van der Waals surface area contributed by atoms with Crippen LogP contribution in [0.2, 0.25) is 0 Å². The minimum absolute atomic E-state index is 0.0829. The van der Waals surface area contributed by atoms with E-state index in [-0.39, 0.29) is 16.6 Å². The van der Waals surface area contributed by atoms with Gasteiger partial charge in [0.25, 0.3) is 5.69 Å². The van der Waals surface area contributed by atoms with Gasteiger partial charge in [-0.2, -0.15) is 4.31 Å². The molecule has 8 heteroatoms. The number of benzene rings is 2. The van der Waals surface area contributed by atoms with Crippen LogP contribution >= 0.6 is 0 Å². The molecule has 3 aromatic rings. The molecule has 0 bridgehead atoms. The fourth-order valence-electron chi connectivity index (χ4n) is 3.05. The fourth-order valence-corrected chi connectivity index (χ4v) is 4.64. The molecule has 0 amide bonds. The molecule has 7 nitrogen and oxygen atoms in total. The van der Waals surface area contributed by atoms with Gasteiger partial charge < -0.3 is 4.98 Å². The van der Waals surface area contributed by atoms with Gasteiger partial charge in [-0.15, -0.1) is 0 Å². The van der Waals surface area contributed by atoms with Crippen molar-refractivity contribution in [3.05, 3.63) is 70.4 Å². The van der Waals surface area contributed by atoms with Gasteiger partial charge in [-0.05, 0) is 30.2 Å². The van der Waals surface area contributed by atoms with Crippen LogP contribution in [0.1, 0.15) is 5.56 Å². The zero-order valence-corrected chi connectivity index (χ0v) is 13.9. The average Bonchev–Trinajstić information content (AvgIpc) is 3.28. The molecule has 0 saturated carbocycles. The lowest BCUT2D eigenvalue weighted by Gasteiger charge is -2.06. The summed E-state index contributed by atoms with van der Waals surface area (Å²) in [5, 5.41) is 11.8. The van der Waals surface area contributed by atoms with Crippen molar-refractivity contribution in [1.82, 2.24) is 9.29 Å². The van der Waals surface area contributed by atoms with E-state index in [0.717, 1.165) is 16.5 Å². The number of sulfonamides is 1. The summed E-state index contributed by atoms with van der Waals surface area (Å²) >= 11 is 0. The second-order valence-corrected chi connectivity index (χ2v) is 7.93. The zero-order chi connectivity index (χ0) is 17.6. The number of non-ortho nitro benzene ring substituents is 1. The van der Waals surface area contributed by atoms with Crippen LogP contribution in [-0.4, -0.2) is 35.2 Å². The van der Waals surface area contributed by atoms with E-state index < -0.39 is 14.9 Å². The summed E-state index contributed by atoms with van der Waals surface area (Å²) in [5.41, 5.74) is 1.99. The number of hydrogen-bond donors (Lipinski definition) is 1. The predicted octanol–water partition coefficient (Wildman–Crippen LogP) is 2.69. The van der Waals surface area contributed by atoms with Crippen molar-refractivity contribution in [2.45, 2.75) is 17.4 Å². The third kappa shape index (κ3) is 2.79. The van der Waals surface area contributed by atoms with E-state index in [0.29, 0.717) is 13.0 Å². The fraction of sp³-hybridized carbons (Fsp3) is 0.176. The number of nitrogens with one attached hydrogen (secondary N) is 1. The number of para-hydroxylation sites is 1. The number of nitrogens with zero attached hydrogens (tertiary/aromatic N) is 2. The van der Waals surface area contributed by atoms with Gasteiger partial charge in [0, 0.05) is 41.8 Å². The molecule has 0 spiro atoms. The first-order valence-electron chi connectivity index (χ1n) is 7.78. The SMILES string of the molecule is O=[N+]([O-])c1ccc(S(=O)(=O)N2C[C@@H]2Cc2c[nH]c3ccccc23)cc1. The first-order chi connectivity index (χ1) is 12.0. The molecule has 25 heavy (non-hydrogen) atoms. The maximum atomic E-state index is 12.6. The summed E-state index contributed by atoms with van der Waals surface area (Å²) in [6.07, 6.45) is 2.55. The van der Waals surface area contributed by atoms with Gasteiger partial charge >= 0.3 is 0 Å². The van der Waals surface area contributed by atoms with E-state index in [1.807, 2.05) is 30.5 Å². The number of hydrogen-bond acceptors (Lipinski definition) is 4. The lowest BCUT2D eigenvalue weighted by Crippen LogP contribution is -2.15. The van der Waals surface area contributed by atoms with Gasteiger partial charge in [-0.1, -0.05) is 18.2 Å². The molecule has 0 radical (unpaired) electrons. The number of rotatable bonds is 5. The minimum atomic E-state index is -3.61. The number of nitro groups is 1. The molecule has 2 aromatic carbocycles. The van der Waals surface area contributed by atoms with Gasteiger partial charge in [0.1, 0.15) is 0 Å². The molecule has 1 aliphatic heterocycles. The maximum Gasteiger partial charge on any atom is 0.269 e. The Balaban J connectivity index is 1.52. The first-order valence-corrected chi connectivity index (χ1v) is 9.22. The molecule has 1 aliphatic rings. The molecular weight excluding hydrogens is 342 g/mol. The lowest BCUT2D eigenvalue weighted by molar-refractivity contribution is -0.384. The molecule has 128 valence electrons. The maximum absolute atomic E-state index is 12.6. The monoisotopic (exact) mass is 357 g/mol. The van der Waals surface area contributed by atoms with E-state index >= 15 is 0 Å². The largest absolute Gasteiger partial charge is 0.361 e. The van der Waals surface area contributed by atoms with E-state index in [9.17, 15) is 18.5 Å². The quantitative estimate of drug-likeness (QED) is 0.431. The summed E-state index contributed by atoms with van der Waals surface area (Å²) in [4.78, 5) is 13.4. The van der Waals surface area contributed by atoms with E-state index in [1.165, 1.54) is 28.6 Å². The standard InChI is InChI=1S/C17H15N3O4S/c21-20(22)13-5-7-15(8-6-13)25(23,24)19-11-14(19)9-12-10-18-17-4-2-1-3-16(12)17/h1-8,10,14,18H,9,11H2/t14-,19?/m0/s1. The van der Waals surface area contributed by atoms with Gasteiger partial charge in [-0.25, -0.2) is 8.42 Å². The normalized spacial score (nSPS) is 19.8. The van der Waals surface area contributed by atoms with Crippen LogP contribution in [0.5, 0.6) is 0 Å². The van der Waals surface area contributed by atoms with Gasteiger partial charge in [0.15, 0.2) is 0 Å². The Labute approximate surface area is 144 Å². The highest BCUT2D eigenvalue weighted by atomic mass is 32.2. The second kappa shape index (κ2) is 5.68. The average molecular weight is 357 g/mol.